The molecule has 0 aliphatic rings. The number of thiophene rings is 1. The average molecular weight is 261 g/mol. The van der Waals surface area contributed by atoms with Crippen LogP contribution < -0.4 is 5.32 Å². The third kappa shape index (κ3) is 3.07. The molecule has 2 aromatic heterocycles. The predicted molar refractivity (Wildman–Crippen MR) is 78.2 cm³/mol. The predicted octanol–water partition coefficient (Wildman–Crippen LogP) is 4.15. The van der Waals surface area contributed by atoms with Crippen LogP contribution in [-0.2, 0) is 0 Å². The molecule has 0 atom stereocenters. The molecule has 0 radical (unpaired) electrons. The average Bonchev–Trinajstić information content (AvgIpc) is 2.89. The molecule has 0 bridgehead atoms. The van der Waals surface area contributed by atoms with Crippen LogP contribution in [0.25, 0.3) is 11.4 Å². The Morgan fingerprint density at radius 1 is 1.33 bits per heavy atom. The van der Waals surface area contributed by atoms with Gasteiger partial charge < -0.3 is 5.32 Å². The lowest BCUT2D eigenvalue weighted by Crippen LogP contribution is -2.06. The van der Waals surface area contributed by atoms with E-state index in [0.717, 1.165) is 35.9 Å². The normalized spacial score (nSPS) is 10.9. The first kappa shape index (κ1) is 13.0. The Hall–Kier alpha value is -1.42. The van der Waals surface area contributed by atoms with E-state index in [2.05, 4.69) is 58.9 Å². The Labute approximate surface area is 112 Å². The van der Waals surface area contributed by atoms with Crippen LogP contribution >= 0.6 is 11.3 Å². The molecule has 0 aromatic carbocycles. The zero-order chi connectivity index (χ0) is 13.0. The van der Waals surface area contributed by atoms with E-state index in [4.69, 9.17) is 0 Å². The van der Waals surface area contributed by atoms with E-state index in [1.807, 2.05) is 0 Å². The molecule has 0 saturated carbocycles. The zero-order valence-electron chi connectivity index (χ0n) is 11.1. The Bertz CT molecular complexity index is 492. The van der Waals surface area contributed by atoms with Crippen molar-refractivity contribution in [2.24, 2.45) is 0 Å². The fourth-order valence-electron chi connectivity index (χ4n) is 1.63. The van der Waals surface area contributed by atoms with Gasteiger partial charge in [-0.3, -0.25) is 0 Å². The van der Waals surface area contributed by atoms with E-state index < -0.39 is 0 Å². The monoisotopic (exact) mass is 261 g/mol. The summed E-state index contributed by atoms with van der Waals surface area (Å²) >= 11 is 1.67. The third-order valence-corrected chi connectivity index (χ3v) is 3.36. The van der Waals surface area contributed by atoms with Gasteiger partial charge in [0, 0.05) is 29.2 Å². The van der Waals surface area contributed by atoms with Gasteiger partial charge in [0.15, 0.2) is 5.82 Å². The molecule has 1 N–H and O–H groups in total. The molecular weight excluding hydrogens is 242 g/mol. The maximum absolute atomic E-state index is 4.64. The Morgan fingerprint density at radius 2 is 2.17 bits per heavy atom. The van der Waals surface area contributed by atoms with Gasteiger partial charge in [0.05, 0.1) is 0 Å². The van der Waals surface area contributed by atoms with Gasteiger partial charge in [-0.05, 0) is 23.8 Å². The van der Waals surface area contributed by atoms with Gasteiger partial charge in [0.2, 0.25) is 0 Å². The van der Waals surface area contributed by atoms with Crippen molar-refractivity contribution in [2.45, 2.75) is 33.1 Å². The largest absolute Gasteiger partial charge is 0.370 e. The van der Waals surface area contributed by atoms with Crippen molar-refractivity contribution in [2.75, 3.05) is 11.9 Å². The molecule has 2 rings (SSSR count). The highest BCUT2D eigenvalue weighted by Crippen LogP contribution is 2.23. The number of hydrogen-bond acceptors (Lipinski definition) is 4. The van der Waals surface area contributed by atoms with Crippen molar-refractivity contribution < 1.29 is 0 Å². The zero-order valence-corrected chi connectivity index (χ0v) is 11.9. The lowest BCUT2D eigenvalue weighted by Gasteiger charge is -2.10. The molecule has 18 heavy (non-hydrogen) atoms. The van der Waals surface area contributed by atoms with Crippen molar-refractivity contribution in [3.05, 3.63) is 28.6 Å². The Balaban J connectivity index is 2.36. The summed E-state index contributed by atoms with van der Waals surface area (Å²) in [4.78, 5) is 9.22. The Morgan fingerprint density at radius 3 is 2.78 bits per heavy atom. The Kier molecular flexibility index (Phi) is 4.31. The van der Waals surface area contributed by atoms with Gasteiger partial charge in [0.25, 0.3) is 0 Å². The first-order valence-corrected chi connectivity index (χ1v) is 7.30. The molecule has 4 heteroatoms. The van der Waals surface area contributed by atoms with Gasteiger partial charge in [0.1, 0.15) is 5.82 Å². The molecular formula is C14H19N3S. The minimum absolute atomic E-state index is 0.410. The minimum atomic E-state index is 0.410. The summed E-state index contributed by atoms with van der Waals surface area (Å²) in [5.74, 6) is 2.16. The summed E-state index contributed by atoms with van der Waals surface area (Å²) in [7, 11) is 0. The molecule has 2 heterocycles. The number of nitrogens with zero attached hydrogens (tertiary/aromatic N) is 2. The van der Waals surface area contributed by atoms with E-state index in [0.29, 0.717) is 5.92 Å². The highest BCUT2D eigenvalue weighted by atomic mass is 32.1. The molecule has 0 aliphatic heterocycles. The van der Waals surface area contributed by atoms with Crippen LogP contribution in [0.4, 0.5) is 5.82 Å². The standard InChI is InChI=1S/C14H19N3S/c1-4-6-15-13-8-12(10(2)3)16-14(17-13)11-5-7-18-9-11/h5,7-10H,4,6H2,1-3H3,(H,15,16,17). The van der Waals surface area contributed by atoms with Crippen LogP contribution in [-0.4, -0.2) is 16.5 Å². The van der Waals surface area contributed by atoms with E-state index >= 15 is 0 Å². The molecule has 0 unspecified atom stereocenters. The second kappa shape index (κ2) is 5.96. The van der Waals surface area contributed by atoms with Crippen molar-refractivity contribution >= 4 is 17.2 Å². The quantitative estimate of drug-likeness (QED) is 0.878. The van der Waals surface area contributed by atoms with Crippen LogP contribution in [0, 0.1) is 0 Å². The van der Waals surface area contributed by atoms with Gasteiger partial charge in [-0.2, -0.15) is 11.3 Å². The molecule has 96 valence electrons. The summed E-state index contributed by atoms with van der Waals surface area (Å²) in [5, 5.41) is 7.49. The lowest BCUT2D eigenvalue weighted by atomic mass is 10.1. The second-order valence-electron chi connectivity index (χ2n) is 4.60. The maximum Gasteiger partial charge on any atom is 0.162 e. The summed E-state index contributed by atoms with van der Waals surface area (Å²) < 4.78 is 0. The molecule has 2 aromatic rings. The SMILES string of the molecule is CCCNc1cc(C(C)C)nc(-c2ccsc2)n1. The number of rotatable bonds is 5. The summed E-state index contributed by atoms with van der Waals surface area (Å²) in [6.45, 7) is 7.40. The van der Waals surface area contributed by atoms with Gasteiger partial charge in [-0.15, -0.1) is 0 Å². The molecule has 0 amide bonds. The fourth-order valence-corrected chi connectivity index (χ4v) is 2.26. The number of aromatic nitrogens is 2. The molecule has 0 saturated heterocycles. The highest BCUT2D eigenvalue weighted by Gasteiger charge is 2.09. The summed E-state index contributed by atoms with van der Waals surface area (Å²) in [6.07, 6.45) is 1.09. The summed E-state index contributed by atoms with van der Waals surface area (Å²) in [6, 6.07) is 4.11. The number of anilines is 1. The molecule has 0 spiro atoms. The van der Waals surface area contributed by atoms with Crippen molar-refractivity contribution in [3.8, 4) is 11.4 Å². The van der Waals surface area contributed by atoms with Gasteiger partial charge in [-0.25, -0.2) is 9.97 Å². The lowest BCUT2D eigenvalue weighted by molar-refractivity contribution is 0.816. The fraction of sp³-hybridized carbons (Fsp3) is 0.429. The van der Waals surface area contributed by atoms with Crippen LogP contribution in [0.1, 0.15) is 38.8 Å². The van der Waals surface area contributed by atoms with Crippen molar-refractivity contribution in [3.63, 3.8) is 0 Å². The van der Waals surface area contributed by atoms with Crippen LogP contribution in [0.15, 0.2) is 22.9 Å². The third-order valence-electron chi connectivity index (χ3n) is 2.67. The van der Waals surface area contributed by atoms with Crippen molar-refractivity contribution in [1.29, 1.82) is 0 Å². The van der Waals surface area contributed by atoms with E-state index in [1.54, 1.807) is 11.3 Å². The second-order valence-corrected chi connectivity index (χ2v) is 5.38. The van der Waals surface area contributed by atoms with E-state index in [9.17, 15) is 0 Å². The van der Waals surface area contributed by atoms with Crippen LogP contribution in [0.2, 0.25) is 0 Å². The molecule has 0 fully saturated rings. The topological polar surface area (TPSA) is 37.8 Å². The first-order chi connectivity index (χ1) is 8.70. The van der Waals surface area contributed by atoms with Gasteiger partial charge in [-0.1, -0.05) is 20.8 Å². The maximum atomic E-state index is 4.64. The number of nitrogens with one attached hydrogen (secondary N) is 1. The highest BCUT2D eigenvalue weighted by molar-refractivity contribution is 7.08. The van der Waals surface area contributed by atoms with Crippen molar-refractivity contribution in [1.82, 2.24) is 9.97 Å². The molecule has 3 nitrogen and oxygen atoms in total. The number of hydrogen-bond donors (Lipinski definition) is 1. The smallest absolute Gasteiger partial charge is 0.162 e. The molecule has 0 aliphatic carbocycles. The van der Waals surface area contributed by atoms with Crippen LogP contribution in [0.5, 0.6) is 0 Å². The summed E-state index contributed by atoms with van der Waals surface area (Å²) in [5.41, 5.74) is 2.19. The van der Waals surface area contributed by atoms with E-state index in [1.165, 1.54) is 0 Å². The first-order valence-electron chi connectivity index (χ1n) is 6.36. The van der Waals surface area contributed by atoms with Crippen LogP contribution in [0.3, 0.4) is 0 Å². The van der Waals surface area contributed by atoms with Gasteiger partial charge >= 0.3 is 0 Å². The van der Waals surface area contributed by atoms with E-state index in [-0.39, 0.29) is 0 Å². The minimum Gasteiger partial charge on any atom is -0.370 e.